The van der Waals surface area contributed by atoms with E-state index in [9.17, 15) is 4.79 Å². The van der Waals surface area contributed by atoms with Crippen molar-refractivity contribution >= 4 is 29.0 Å². The number of hydrogen-bond acceptors (Lipinski definition) is 4. The van der Waals surface area contributed by atoms with Crippen molar-refractivity contribution in [3.8, 4) is 0 Å². The molecule has 94 valence electrons. The quantitative estimate of drug-likeness (QED) is 0.906. The van der Waals surface area contributed by atoms with Crippen LogP contribution in [0.25, 0.3) is 0 Å². The zero-order valence-electron chi connectivity index (χ0n) is 10.0. The molecule has 0 aromatic carbocycles. The summed E-state index contributed by atoms with van der Waals surface area (Å²) in [5.74, 6) is 1.06. The Bertz CT molecular complexity index is 392. The van der Waals surface area contributed by atoms with Gasteiger partial charge in [-0.3, -0.25) is 4.79 Å². The Balaban J connectivity index is 1.93. The summed E-state index contributed by atoms with van der Waals surface area (Å²) in [7, 11) is 0. The predicted octanol–water partition coefficient (Wildman–Crippen LogP) is 1.71. The van der Waals surface area contributed by atoms with Gasteiger partial charge in [-0.2, -0.15) is 11.8 Å². The van der Waals surface area contributed by atoms with E-state index in [1.165, 1.54) is 10.4 Å². The zero-order valence-corrected chi connectivity index (χ0v) is 11.6. The van der Waals surface area contributed by atoms with Gasteiger partial charge < -0.3 is 10.6 Å². The van der Waals surface area contributed by atoms with E-state index in [0.29, 0.717) is 0 Å². The van der Waals surface area contributed by atoms with Gasteiger partial charge in [0.05, 0.1) is 6.04 Å². The molecule has 5 heteroatoms. The van der Waals surface area contributed by atoms with Crippen molar-refractivity contribution < 1.29 is 4.79 Å². The molecule has 0 saturated heterocycles. The first-order chi connectivity index (χ1) is 8.22. The normalized spacial score (nSPS) is 16.7. The second-order valence-corrected chi connectivity index (χ2v) is 6.25. The Morgan fingerprint density at radius 3 is 3.29 bits per heavy atom. The third-order valence-electron chi connectivity index (χ3n) is 3.07. The third kappa shape index (κ3) is 3.03. The van der Waals surface area contributed by atoms with E-state index in [1.807, 2.05) is 11.2 Å². The number of thioether (sulfide) groups is 1. The topological polar surface area (TPSA) is 46.3 Å². The molecule has 2 N–H and O–H groups in total. The highest BCUT2D eigenvalue weighted by atomic mass is 32.2. The molecule has 17 heavy (non-hydrogen) atoms. The number of carbonyl (C=O) groups excluding carboxylic acids is 1. The average Bonchev–Trinajstić information content (AvgIpc) is 2.81. The molecular weight excluding hydrogens is 252 g/mol. The van der Waals surface area contributed by atoms with Gasteiger partial charge in [-0.1, -0.05) is 0 Å². The Labute approximate surface area is 110 Å². The standard InChI is InChI=1S/C12H18N2OS2/c1-16-6-4-10(13)12(15)14-5-2-11-9(8-14)3-7-17-11/h3,7,10H,2,4-6,8,13H2,1H3/t10-/m0/s1. The van der Waals surface area contributed by atoms with E-state index < -0.39 is 0 Å². The van der Waals surface area contributed by atoms with Gasteiger partial charge in [0.1, 0.15) is 0 Å². The van der Waals surface area contributed by atoms with E-state index in [0.717, 1.165) is 31.7 Å². The molecule has 0 aliphatic carbocycles. The van der Waals surface area contributed by atoms with Crippen LogP contribution in [0, 0.1) is 0 Å². The fourth-order valence-corrected chi connectivity index (χ4v) is 3.42. The Kier molecular flexibility index (Phi) is 4.48. The second kappa shape index (κ2) is 5.89. The van der Waals surface area contributed by atoms with Gasteiger partial charge in [0.25, 0.3) is 0 Å². The number of nitrogens with two attached hydrogens (primary N) is 1. The van der Waals surface area contributed by atoms with Crippen LogP contribution in [-0.2, 0) is 17.8 Å². The van der Waals surface area contributed by atoms with Gasteiger partial charge in [-0.25, -0.2) is 0 Å². The highest BCUT2D eigenvalue weighted by molar-refractivity contribution is 7.98. The summed E-state index contributed by atoms with van der Waals surface area (Å²) in [6, 6.07) is 1.79. The molecule has 1 aliphatic heterocycles. The van der Waals surface area contributed by atoms with Crippen molar-refractivity contribution in [2.45, 2.75) is 25.4 Å². The van der Waals surface area contributed by atoms with E-state index in [2.05, 4.69) is 11.4 Å². The third-order valence-corrected chi connectivity index (χ3v) is 4.74. The van der Waals surface area contributed by atoms with E-state index in [1.54, 1.807) is 23.1 Å². The van der Waals surface area contributed by atoms with Gasteiger partial charge in [0, 0.05) is 18.0 Å². The summed E-state index contributed by atoms with van der Waals surface area (Å²) >= 11 is 3.52. The summed E-state index contributed by atoms with van der Waals surface area (Å²) in [6.07, 6.45) is 3.79. The lowest BCUT2D eigenvalue weighted by atomic mass is 10.1. The van der Waals surface area contributed by atoms with Crippen LogP contribution in [0.3, 0.4) is 0 Å². The molecule has 0 fully saturated rings. The van der Waals surface area contributed by atoms with Crippen LogP contribution in [0.5, 0.6) is 0 Å². The zero-order chi connectivity index (χ0) is 12.3. The molecule has 1 aromatic heterocycles. The maximum absolute atomic E-state index is 12.1. The second-order valence-electron chi connectivity index (χ2n) is 4.27. The van der Waals surface area contributed by atoms with Gasteiger partial charge in [0.15, 0.2) is 0 Å². The number of hydrogen-bond donors (Lipinski definition) is 1. The predicted molar refractivity (Wildman–Crippen MR) is 74.4 cm³/mol. The molecule has 1 aromatic rings. The van der Waals surface area contributed by atoms with Crippen LogP contribution in [0.2, 0.25) is 0 Å². The molecule has 0 radical (unpaired) electrons. The fourth-order valence-electron chi connectivity index (χ4n) is 2.04. The largest absolute Gasteiger partial charge is 0.337 e. The van der Waals surface area contributed by atoms with Crippen LogP contribution in [0.4, 0.5) is 0 Å². The molecule has 0 unspecified atom stereocenters. The molecule has 2 rings (SSSR count). The lowest BCUT2D eigenvalue weighted by Gasteiger charge is -2.29. The van der Waals surface area contributed by atoms with Crippen molar-refractivity contribution in [2.75, 3.05) is 18.6 Å². The maximum atomic E-state index is 12.1. The molecule has 1 aliphatic rings. The van der Waals surface area contributed by atoms with E-state index in [-0.39, 0.29) is 11.9 Å². The molecule has 2 heterocycles. The van der Waals surface area contributed by atoms with Crippen molar-refractivity contribution in [3.05, 3.63) is 21.9 Å². The number of fused-ring (bicyclic) bond motifs is 1. The van der Waals surface area contributed by atoms with Crippen molar-refractivity contribution in [1.82, 2.24) is 4.90 Å². The van der Waals surface area contributed by atoms with Crippen LogP contribution in [0.1, 0.15) is 16.9 Å². The number of nitrogens with zero attached hydrogens (tertiary/aromatic N) is 1. The molecule has 0 bridgehead atoms. The molecule has 1 atom stereocenters. The minimum absolute atomic E-state index is 0.107. The minimum Gasteiger partial charge on any atom is -0.337 e. The smallest absolute Gasteiger partial charge is 0.239 e. The molecule has 0 saturated carbocycles. The fraction of sp³-hybridized carbons (Fsp3) is 0.583. The SMILES string of the molecule is CSCC[C@H](N)C(=O)N1CCc2sccc2C1. The van der Waals surface area contributed by atoms with Gasteiger partial charge in [0.2, 0.25) is 5.91 Å². The molecule has 0 spiro atoms. The van der Waals surface area contributed by atoms with Crippen LogP contribution < -0.4 is 5.73 Å². The first-order valence-electron chi connectivity index (χ1n) is 5.81. The van der Waals surface area contributed by atoms with Crippen LogP contribution in [0.15, 0.2) is 11.4 Å². The summed E-state index contributed by atoms with van der Waals surface area (Å²) in [4.78, 5) is 15.5. The van der Waals surface area contributed by atoms with Crippen LogP contribution >= 0.6 is 23.1 Å². The highest BCUT2D eigenvalue weighted by Crippen LogP contribution is 2.24. The number of carbonyl (C=O) groups is 1. The summed E-state index contributed by atoms with van der Waals surface area (Å²) in [5, 5.41) is 2.10. The molecule has 1 amide bonds. The van der Waals surface area contributed by atoms with Crippen molar-refractivity contribution in [2.24, 2.45) is 5.73 Å². The summed E-state index contributed by atoms with van der Waals surface area (Å²) in [5.41, 5.74) is 7.23. The molecule has 3 nitrogen and oxygen atoms in total. The van der Waals surface area contributed by atoms with Crippen LogP contribution in [-0.4, -0.2) is 35.4 Å². The van der Waals surface area contributed by atoms with E-state index >= 15 is 0 Å². The minimum atomic E-state index is -0.331. The Morgan fingerprint density at radius 2 is 2.53 bits per heavy atom. The van der Waals surface area contributed by atoms with Crippen molar-refractivity contribution in [3.63, 3.8) is 0 Å². The van der Waals surface area contributed by atoms with Gasteiger partial charge >= 0.3 is 0 Å². The average molecular weight is 270 g/mol. The Morgan fingerprint density at radius 1 is 1.71 bits per heavy atom. The lowest BCUT2D eigenvalue weighted by Crippen LogP contribution is -2.45. The summed E-state index contributed by atoms with van der Waals surface area (Å²) < 4.78 is 0. The highest BCUT2D eigenvalue weighted by Gasteiger charge is 2.25. The summed E-state index contributed by atoms with van der Waals surface area (Å²) in [6.45, 7) is 1.56. The van der Waals surface area contributed by atoms with Crippen molar-refractivity contribution in [1.29, 1.82) is 0 Å². The monoisotopic (exact) mass is 270 g/mol. The Hall–Kier alpha value is -0.520. The maximum Gasteiger partial charge on any atom is 0.239 e. The van der Waals surface area contributed by atoms with Gasteiger partial charge in [-0.15, -0.1) is 11.3 Å². The lowest BCUT2D eigenvalue weighted by molar-refractivity contribution is -0.133. The van der Waals surface area contributed by atoms with Gasteiger partial charge in [-0.05, 0) is 41.9 Å². The first-order valence-corrected chi connectivity index (χ1v) is 8.08. The molecular formula is C12H18N2OS2. The number of rotatable bonds is 4. The first kappa shape index (κ1) is 12.9. The number of thiophene rings is 1. The van der Waals surface area contributed by atoms with E-state index in [4.69, 9.17) is 5.73 Å². The number of amides is 1.